The van der Waals surface area contributed by atoms with Gasteiger partial charge in [0.05, 0.1) is 0 Å². The first-order valence-electron chi connectivity index (χ1n) is 15.0. The third-order valence-electron chi connectivity index (χ3n) is 9.92. The highest BCUT2D eigenvalue weighted by atomic mass is 16.3. The Balaban J connectivity index is 1.79. The van der Waals surface area contributed by atoms with Crippen molar-refractivity contribution in [3.63, 3.8) is 0 Å². The van der Waals surface area contributed by atoms with Gasteiger partial charge in [-0.1, -0.05) is 60.1 Å². The molecule has 0 saturated carbocycles. The van der Waals surface area contributed by atoms with E-state index in [2.05, 4.69) is 0 Å². The Bertz CT molecular complexity index is 2770. The van der Waals surface area contributed by atoms with Gasteiger partial charge in [-0.25, -0.2) is 0 Å². The van der Waals surface area contributed by atoms with Crippen LogP contribution in [0.5, 0.6) is 0 Å². The summed E-state index contributed by atoms with van der Waals surface area (Å²) in [6.07, 6.45) is 0. The van der Waals surface area contributed by atoms with Crippen molar-refractivity contribution in [3.05, 3.63) is 5.56 Å². The summed E-state index contributed by atoms with van der Waals surface area (Å²) in [5.74, 6) is 0. The largest absolute Gasteiger partial charge is 0.457 e. The highest BCUT2D eigenvalue weighted by Crippen LogP contribution is 2.31. The molecule has 0 aliphatic heterocycles. The van der Waals surface area contributed by atoms with Crippen LogP contribution in [-0.2, 0) is 0 Å². The molecule has 0 spiro atoms. The molecule has 0 unspecified atom stereocenters. The Kier molecular flexibility index (Phi) is 8.49. The van der Waals surface area contributed by atoms with Crippen molar-refractivity contribution in [1.82, 2.24) is 4.57 Å². The van der Waals surface area contributed by atoms with E-state index in [1.165, 1.54) is 4.57 Å². The zero-order valence-electron chi connectivity index (χ0n) is 27.2. The summed E-state index contributed by atoms with van der Waals surface area (Å²) in [5, 5.41) is 1.16. The number of nitrogens with zero attached hydrogens (tertiary/aromatic N) is 1. The van der Waals surface area contributed by atoms with Crippen LogP contribution in [0.2, 0.25) is 0 Å². The Morgan fingerprint density at radius 3 is 1.25 bits per heavy atom. The second-order valence-electron chi connectivity index (χ2n) is 12.5. The Morgan fingerprint density at radius 1 is 0.314 bits per heavy atom. The maximum atomic E-state index is 7.04. The zero-order chi connectivity index (χ0) is 37.6. The number of rotatable bonds is 2. The van der Waals surface area contributed by atoms with Gasteiger partial charge in [-0.3, -0.25) is 0 Å². The standard InChI is InChI=1S/C31H3B18NO/c1-2-3-8-15(38)29(24(47)26(49)31(8)51-30(3)25(48)16(39)9(2)32)50-27-6(7-14(37)19(42)21(44)23(46)28(7)50)10(33)4(13(36)22(27)45)5-11(34)17(40)20(43)18(41)12(5)35/h1H3. The lowest BCUT2D eigenvalue weighted by molar-refractivity contribution is 0.674. The molecule has 192 valence electrons. The molecule has 0 fully saturated rings. The second kappa shape index (κ2) is 11.9. The van der Waals surface area contributed by atoms with Gasteiger partial charge in [-0.15, -0.1) is 38.2 Å². The molecule has 2 nitrogen and oxygen atoms in total. The molecular weight excluding hydrogens is 597 g/mol. The van der Waals surface area contributed by atoms with E-state index < -0.39 is 0 Å². The van der Waals surface area contributed by atoms with Crippen molar-refractivity contribution < 1.29 is 4.42 Å². The molecular formula is C31H3B18NO. The van der Waals surface area contributed by atoms with E-state index >= 15 is 0 Å². The third-order valence-corrected chi connectivity index (χ3v) is 9.92. The van der Waals surface area contributed by atoms with Gasteiger partial charge in [0, 0.05) is 32.9 Å². The van der Waals surface area contributed by atoms with E-state index in [4.69, 9.17) is 146 Å². The third kappa shape index (κ3) is 4.50. The van der Waals surface area contributed by atoms with Crippen LogP contribution in [-0.4, -0.2) is 146 Å². The predicted molar refractivity (Wildman–Crippen MR) is 235 cm³/mol. The highest BCUT2D eigenvalue weighted by molar-refractivity contribution is 6.73. The van der Waals surface area contributed by atoms with E-state index in [-0.39, 0.29) is 148 Å². The molecule has 7 aromatic rings. The molecule has 51 heavy (non-hydrogen) atoms. The monoisotopic (exact) mass is 603 g/mol. The van der Waals surface area contributed by atoms with Gasteiger partial charge < -0.3 is 8.98 Å². The minimum Gasteiger partial charge on any atom is -0.457 e. The summed E-state index contributed by atoms with van der Waals surface area (Å²) in [7, 11) is 118. The molecule has 0 saturated heterocycles. The fraction of sp³-hybridized carbons (Fsp3) is 0.0323. The van der Waals surface area contributed by atoms with Crippen molar-refractivity contribution in [3.8, 4) is 16.8 Å². The van der Waals surface area contributed by atoms with Crippen molar-refractivity contribution in [2.24, 2.45) is 0 Å². The minimum atomic E-state index is -0.0871. The summed E-state index contributed by atoms with van der Waals surface area (Å²) >= 11 is 0. The van der Waals surface area contributed by atoms with E-state index in [1.54, 1.807) is 6.92 Å². The van der Waals surface area contributed by atoms with Crippen molar-refractivity contribution >= 4 is 283 Å². The summed E-state index contributed by atoms with van der Waals surface area (Å²) in [6.45, 7) is 1.73. The number of aromatic nitrogens is 1. The Hall–Kier alpha value is -3.13. The van der Waals surface area contributed by atoms with Crippen molar-refractivity contribution in [1.29, 1.82) is 0 Å². The molecule has 2 aromatic heterocycles. The van der Waals surface area contributed by atoms with Gasteiger partial charge in [0.25, 0.3) is 0 Å². The first kappa shape index (κ1) is 36.2. The lowest BCUT2D eigenvalue weighted by Gasteiger charge is -2.27. The van der Waals surface area contributed by atoms with Crippen LogP contribution in [0.25, 0.3) is 60.6 Å². The quantitative estimate of drug-likeness (QED) is 0.181. The molecule has 0 atom stereocenters. The van der Waals surface area contributed by atoms with Gasteiger partial charge >= 0.3 is 0 Å². The van der Waals surface area contributed by atoms with Crippen molar-refractivity contribution in [2.45, 2.75) is 6.92 Å². The van der Waals surface area contributed by atoms with E-state index in [0.29, 0.717) is 16.3 Å². The molecule has 2 heterocycles. The summed E-state index contributed by atoms with van der Waals surface area (Å²) < 4.78 is 7.65. The van der Waals surface area contributed by atoms with Crippen LogP contribution in [0.3, 0.4) is 0 Å². The normalized spacial score (nSPS) is 11.9. The van der Waals surface area contributed by atoms with Crippen LogP contribution in [0.1, 0.15) is 5.56 Å². The van der Waals surface area contributed by atoms with Gasteiger partial charge in [0.2, 0.25) is 0 Å². The summed E-state index contributed by atoms with van der Waals surface area (Å²) in [4.78, 5) is 0. The zero-order valence-corrected chi connectivity index (χ0v) is 27.2. The lowest BCUT2D eigenvalue weighted by Crippen LogP contribution is -2.56. The second-order valence-corrected chi connectivity index (χ2v) is 12.5. The smallest absolute Gasteiger partial charge is 0.127 e. The van der Waals surface area contributed by atoms with Crippen LogP contribution in [0, 0.1) is 6.92 Å². The van der Waals surface area contributed by atoms with E-state index in [9.17, 15) is 0 Å². The topological polar surface area (TPSA) is 18.1 Å². The average molecular weight is 600 g/mol. The fourth-order valence-corrected chi connectivity index (χ4v) is 7.09. The number of furan rings is 1. The summed E-state index contributed by atoms with van der Waals surface area (Å²) in [6, 6.07) is 0. The Labute approximate surface area is 320 Å². The van der Waals surface area contributed by atoms with Crippen LogP contribution in [0.15, 0.2) is 4.42 Å². The minimum absolute atomic E-state index is 0.00799. The van der Waals surface area contributed by atoms with Crippen LogP contribution < -0.4 is 98.3 Å². The molecule has 0 aliphatic carbocycles. The Morgan fingerprint density at radius 2 is 0.686 bits per heavy atom. The molecule has 5 aromatic carbocycles. The van der Waals surface area contributed by atoms with Crippen molar-refractivity contribution in [2.75, 3.05) is 0 Å². The highest BCUT2D eigenvalue weighted by Gasteiger charge is 2.28. The molecule has 7 rings (SSSR count). The first-order chi connectivity index (χ1) is 23.8. The number of hydrogen-bond acceptors (Lipinski definition) is 1. The average Bonchev–Trinajstić information content (AvgIpc) is 3.68. The van der Waals surface area contributed by atoms with Crippen LogP contribution >= 0.6 is 0 Å². The molecule has 0 N–H and O–H groups in total. The number of fused-ring (bicyclic) bond motifs is 6. The summed E-state index contributed by atoms with van der Waals surface area (Å²) in [5.41, 5.74) is 1.27. The van der Waals surface area contributed by atoms with Gasteiger partial charge in [-0.05, 0) is 29.0 Å². The lowest BCUT2D eigenvalue weighted by atomic mass is 9.57. The number of hydrogen-bond donors (Lipinski definition) is 0. The molecule has 20 heteroatoms. The number of benzene rings is 5. The van der Waals surface area contributed by atoms with Crippen LogP contribution in [0.4, 0.5) is 0 Å². The molecule has 0 aliphatic rings. The first-order valence-corrected chi connectivity index (χ1v) is 15.0. The van der Waals surface area contributed by atoms with Gasteiger partial charge in [0.1, 0.15) is 152 Å². The molecule has 0 bridgehead atoms. The SMILES string of the molecule is [B]c1c([B])c([B])c(-c2c([B])c([B])c3c(c2[B])c2c([B])c([B])c([B])c([B])c2n3-c2c([B])c([B])c3oc4c([B])c([B])c([B])c(C)c4c3c2[B])c([B])c1[B]. The van der Waals surface area contributed by atoms with Gasteiger partial charge in [0.15, 0.2) is 0 Å². The maximum absolute atomic E-state index is 7.04. The molecule has 0 amide bonds. The van der Waals surface area contributed by atoms with E-state index in [1.807, 2.05) is 0 Å². The van der Waals surface area contributed by atoms with Gasteiger partial charge in [-0.2, -0.15) is 0 Å². The maximum Gasteiger partial charge on any atom is 0.127 e. The fourth-order valence-electron chi connectivity index (χ4n) is 7.09. The van der Waals surface area contributed by atoms with E-state index in [0.717, 1.165) is 0 Å². The number of aryl methyl sites for hydroxylation is 1. The molecule has 36 radical (unpaired) electrons. The predicted octanol–water partition coefficient (Wildman–Crippen LogP) is -13.1.